The maximum atomic E-state index is 13.6. The molecular weight excluding hydrogens is 512 g/mol. The third-order valence-corrected chi connectivity index (χ3v) is 9.74. The number of piperidine rings is 1. The Labute approximate surface area is 224 Å². The number of para-hydroxylation sites is 1. The summed E-state index contributed by atoms with van der Waals surface area (Å²) in [6.07, 6.45) is 2.10. The van der Waals surface area contributed by atoms with Gasteiger partial charge in [-0.15, -0.1) is 0 Å². The molecule has 2 N–H and O–H groups in total. The number of rotatable bonds is 10. The number of anilines is 2. The first kappa shape index (κ1) is 28.5. The maximum absolute atomic E-state index is 13.6. The van der Waals surface area contributed by atoms with Crippen molar-refractivity contribution in [3.8, 4) is 0 Å². The van der Waals surface area contributed by atoms with E-state index in [-0.39, 0.29) is 55.2 Å². The summed E-state index contributed by atoms with van der Waals surface area (Å²) in [5, 5.41) is 9.69. The molecule has 1 aliphatic carbocycles. The van der Waals surface area contributed by atoms with Crippen LogP contribution in [-0.4, -0.2) is 66.8 Å². The van der Waals surface area contributed by atoms with Gasteiger partial charge in [0.1, 0.15) is 0 Å². The summed E-state index contributed by atoms with van der Waals surface area (Å²) < 4.78 is 55.8. The molecule has 0 radical (unpaired) electrons. The first-order valence-corrected chi connectivity index (χ1v) is 15.1. The highest BCUT2D eigenvalue weighted by atomic mass is 32.2. The molecule has 1 aliphatic heterocycles. The Morgan fingerprint density at radius 2 is 1.82 bits per heavy atom. The van der Waals surface area contributed by atoms with Crippen molar-refractivity contribution in [2.45, 2.75) is 70.8 Å². The van der Waals surface area contributed by atoms with Crippen LogP contribution in [0.1, 0.15) is 57.6 Å². The number of alkyl halides is 2. The van der Waals surface area contributed by atoms with E-state index in [0.717, 1.165) is 31.6 Å². The fourth-order valence-corrected chi connectivity index (χ4v) is 7.51. The van der Waals surface area contributed by atoms with Crippen molar-refractivity contribution in [1.82, 2.24) is 15.1 Å². The minimum atomic E-state index is -3.70. The molecule has 1 aromatic carbocycles. The summed E-state index contributed by atoms with van der Waals surface area (Å²) in [7, 11) is -3.70. The summed E-state index contributed by atoms with van der Waals surface area (Å²) in [5.74, 6) is -2.31. The lowest BCUT2D eigenvalue weighted by molar-refractivity contribution is -0.117. The van der Waals surface area contributed by atoms with Crippen LogP contribution in [0, 0.1) is 18.8 Å². The Bertz CT molecular complexity index is 1160. The lowest BCUT2D eigenvalue weighted by Crippen LogP contribution is -2.48. The van der Waals surface area contributed by atoms with E-state index >= 15 is 0 Å². The van der Waals surface area contributed by atoms with Crippen LogP contribution in [-0.2, 0) is 14.8 Å². The molecule has 1 atom stereocenters. The zero-order valence-corrected chi connectivity index (χ0v) is 23.0. The number of carbonyl (C=O) groups excluding carboxylic acids is 1. The molecule has 1 amide bonds. The molecule has 2 aromatic rings. The number of likely N-dealkylation sites (tertiary alicyclic amines) is 1. The van der Waals surface area contributed by atoms with Gasteiger partial charge in [-0.3, -0.25) is 19.1 Å². The normalized spacial score (nSPS) is 20.2. The molecule has 0 spiro atoms. The standard InChI is InChI=1S/C27H39F2N5O3S/c1-20-16-25(32-31-20)30-26(35)17-22-10-14-33(15-11-22)21(2)18-34(24-6-4-3-5-7-24)38(36,37)19-23-8-12-27(28,29)13-9-23/h3-7,16,21-23H,8-15,17-19H2,1-2H3,(H2,30,31,32,35)/t21-/m1/s1. The summed E-state index contributed by atoms with van der Waals surface area (Å²) in [5.41, 5.74) is 1.48. The lowest BCUT2D eigenvalue weighted by Gasteiger charge is -2.38. The third-order valence-electron chi connectivity index (χ3n) is 7.81. The SMILES string of the molecule is Cc1cc(NC(=O)CC2CCN([C@H](C)CN(c3ccccc3)S(=O)(=O)CC3CCC(F)(F)CC3)CC2)n[nH]1. The van der Waals surface area contributed by atoms with Crippen molar-refractivity contribution in [3.05, 3.63) is 42.1 Å². The molecule has 210 valence electrons. The molecule has 11 heteroatoms. The van der Waals surface area contributed by atoms with Crippen LogP contribution < -0.4 is 9.62 Å². The second-order valence-electron chi connectivity index (χ2n) is 11.0. The third kappa shape index (κ3) is 7.75. The Morgan fingerprint density at radius 1 is 1.16 bits per heavy atom. The molecule has 0 unspecified atom stereocenters. The summed E-state index contributed by atoms with van der Waals surface area (Å²) in [6, 6.07) is 10.8. The van der Waals surface area contributed by atoms with E-state index in [0.29, 0.717) is 24.5 Å². The number of H-pyrrole nitrogens is 1. The fraction of sp³-hybridized carbons (Fsp3) is 0.630. The Morgan fingerprint density at radius 3 is 2.42 bits per heavy atom. The van der Waals surface area contributed by atoms with Crippen LogP contribution in [0.25, 0.3) is 0 Å². The first-order valence-electron chi connectivity index (χ1n) is 13.5. The summed E-state index contributed by atoms with van der Waals surface area (Å²) in [6.45, 7) is 5.75. The second-order valence-corrected chi connectivity index (χ2v) is 12.9. The zero-order valence-electron chi connectivity index (χ0n) is 22.2. The average molecular weight is 552 g/mol. The maximum Gasteiger partial charge on any atom is 0.248 e. The van der Waals surface area contributed by atoms with Crippen molar-refractivity contribution >= 4 is 27.4 Å². The minimum Gasteiger partial charge on any atom is -0.309 e. The van der Waals surface area contributed by atoms with Gasteiger partial charge in [0.2, 0.25) is 21.9 Å². The topological polar surface area (TPSA) is 98.4 Å². The molecule has 2 heterocycles. The van der Waals surface area contributed by atoms with Gasteiger partial charge in [0.05, 0.1) is 11.4 Å². The van der Waals surface area contributed by atoms with Crippen LogP contribution in [0.4, 0.5) is 20.3 Å². The van der Waals surface area contributed by atoms with Crippen LogP contribution >= 0.6 is 0 Å². The van der Waals surface area contributed by atoms with E-state index in [1.165, 1.54) is 4.31 Å². The van der Waals surface area contributed by atoms with Crippen molar-refractivity contribution in [2.75, 3.05) is 35.0 Å². The van der Waals surface area contributed by atoms with Gasteiger partial charge >= 0.3 is 0 Å². The van der Waals surface area contributed by atoms with Gasteiger partial charge < -0.3 is 5.32 Å². The molecule has 1 saturated carbocycles. The molecule has 8 nitrogen and oxygen atoms in total. The molecule has 1 saturated heterocycles. The predicted molar refractivity (Wildman–Crippen MR) is 145 cm³/mol. The molecule has 2 fully saturated rings. The Kier molecular flexibility index (Phi) is 9.07. The Hall–Kier alpha value is -2.53. The number of amides is 1. The largest absolute Gasteiger partial charge is 0.309 e. The average Bonchev–Trinajstić information content (AvgIpc) is 3.28. The smallest absolute Gasteiger partial charge is 0.248 e. The molecule has 0 bridgehead atoms. The number of nitrogens with one attached hydrogen (secondary N) is 2. The summed E-state index contributed by atoms with van der Waals surface area (Å²) >= 11 is 0. The van der Waals surface area contributed by atoms with E-state index in [1.807, 2.05) is 32.0 Å². The summed E-state index contributed by atoms with van der Waals surface area (Å²) in [4.78, 5) is 14.7. The number of halogens is 2. The number of hydrogen-bond donors (Lipinski definition) is 2. The van der Waals surface area contributed by atoms with Gasteiger partial charge in [-0.05, 0) is 76.6 Å². The number of aromatic nitrogens is 2. The van der Waals surface area contributed by atoms with E-state index in [1.54, 1.807) is 18.2 Å². The van der Waals surface area contributed by atoms with Gasteiger partial charge in [-0.1, -0.05) is 18.2 Å². The molecule has 2 aliphatic rings. The van der Waals surface area contributed by atoms with Crippen LogP contribution in [0.3, 0.4) is 0 Å². The van der Waals surface area contributed by atoms with Crippen LogP contribution in [0.2, 0.25) is 0 Å². The van der Waals surface area contributed by atoms with Gasteiger partial charge in [-0.25, -0.2) is 17.2 Å². The van der Waals surface area contributed by atoms with Gasteiger partial charge in [-0.2, -0.15) is 5.10 Å². The number of benzene rings is 1. The number of aryl methyl sites for hydroxylation is 1. The number of hydrogen-bond acceptors (Lipinski definition) is 5. The molecular formula is C27H39F2N5O3S. The quantitative estimate of drug-likeness (QED) is 0.442. The van der Waals surface area contributed by atoms with Crippen molar-refractivity contribution in [3.63, 3.8) is 0 Å². The highest BCUT2D eigenvalue weighted by molar-refractivity contribution is 7.92. The van der Waals surface area contributed by atoms with Crippen LogP contribution in [0.5, 0.6) is 0 Å². The van der Waals surface area contributed by atoms with Gasteiger partial charge in [0.15, 0.2) is 5.82 Å². The molecule has 38 heavy (non-hydrogen) atoms. The molecule has 4 rings (SSSR count). The zero-order chi connectivity index (χ0) is 27.3. The fourth-order valence-electron chi connectivity index (χ4n) is 5.52. The predicted octanol–water partition coefficient (Wildman–Crippen LogP) is 4.81. The second kappa shape index (κ2) is 12.1. The molecule has 1 aromatic heterocycles. The minimum absolute atomic E-state index is 0.0394. The lowest BCUT2D eigenvalue weighted by atomic mass is 9.88. The van der Waals surface area contributed by atoms with Crippen molar-refractivity contribution in [1.29, 1.82) is 0 Å². The monoisotopic (exact) mass is 551 g/mol. The van der Waals surface area contributed by atoms with E-state index < -0.39 is 15.9 Å². The van der Waals surface area contributed by atoms with Crippen molar-refractivity contribution < 1.29 is 22.0 Å². The Balaban J connectivity index is 1.33. The van der Waals surface area contributed by atoms with E-state index in [9.17, 15) is 22.0 Å². The van der Waals surface area contributed by atoms with Crippen molar-refractivity contribution in [2.24, 2.45) is 11.8 Å². The van der Waals surface area contributed by atoms with Crippen LogP contribution in [0.15, 0.2) is 36.4 Å². The highest BCUT2D eigenvalue weighted by Crippen LogP contribution is 2.37. The number of nitrogens with zero attached hydrogens (tertiary/aromatic N) is 3. The van der Waals surface area contributed by atoms with Gasteiger partial charge in [0.25, 0.3) is 0 Å². The number of sulfonamides is 1. The first-order chi connectivity index (χ1) is 18.0. The van der Waals surface area contributed by atoms with Gasteiger partial charge in [0, 0.05) is 43.6 Å². The highest BCUT2D eigenvalue weighted by Gasteiger charge is 2.38. The van der Waals surface area contributed by atoms with E-state index in [4.69, 9.17) is 0 Å². The number of aromatic amines is 1. The van der Waals surface area contributed by atoms with E-state index in [2.05, 4.69) is 20.4 Å². The number of carbonyl (C=O) groups is 1.